The first-order chi connectivity index (χ1) is 18.8. The lowest BCUT2D eigenvalue weighted by atomic mass is 10.0. The molecule has 1 aliphatic heterocycles. The number of aryl methyl sites for hydroxylation is 1. The lowest BCUT2D eigenvalue weighted by molar-refractivity contribution is -0.206. The van der Waals surface area contributed by atoms with Gasteiger partial charge in [-0.2, -0.15) is 0 Å². The molecule has 1 aromatic heterocycles. The summed E-state index contributed by atoms with van der Waals surface area (Å²) in [7, 11) is 0. The average molecular weight is 522 g/mol. The van der Waals surface area contributed by atoms with Crippen molar-refractivity contribution in [1.29, 1.82) is 0 Å². The molecule has 2 aromatic rings. The standard InChI is InChI=1S/C35H55NO2/c1-3-5-7-9-11-12-13-14-16-18-20-31-28-37-35(38-29-31)33-25-26-34(36-27-33)32-23-21-30(22-24-32)19-17-15-10-8-6-4-2/h21-27,31,35H,3-20,28-29H2,1-2H3. The molecular formula is C35H55NO2. The molecule has 0 N–H and O–H groups in total. The Balaban J connectivity index is 1.28. The maximum atomic E-state index is 6.09. The summed E-state index contributed by atoms with van der Waals surface area (Å²) in [6.45, 7) is 6.15. The smallest absolute Gasteiger partial charge is 0.185 e. The highest BCUT2D eigenvalue weighted by molar-refractivity contribution is 5.59. The zero-order valence-electron chi connectivity index (χ0n) is 24.6. The lowest BCUT2D eigenvalue weighted by Crippen LogP contribution is -2.27. The SMILES string of the molecule is CCCCCCCCCCCCC1COC(c2ccc(-c3ccc(CCCCCCCC)cc3)nc2)OC1. The summed E-state index contributed by atoms with van der Waals surface area (Å²) in [5.41, 5.74) is 4.63. The Morgan fingerprint density at radius 1 is 0.632 bits per heavy atom. The van der Waals surface area contributed by atoms with Crippen LogP contribution in [0.15, 0.2) is 42.6 Å². The van der Waals surface area contributed by atoms with Gasteiger partial charge in [-0.3, -0.25) is 4.98 Å². The van der Waals surface area contributed by atoms with E-state index >= 15 is 0 Å². The van der Waals surface area contributed by atoms with Gasteiger partial charge >= 0.3 is 0 Å². The van der Waals surface area contributed by atoms with Crippen molar-refractivity contribution in [1.82, 2.24) is 4.98 Å². The molecule has 1 fully saturated rings. The Morgan fingerprint density at radius 2 is 1.18 bits per heavy atom. The van der Waals surface area contributed by atoms with Crippen molar-refractivity contribution in [3.8, 4) is 11.3 Å². The van der Waals surface area contributed by atoms with E-state index in [1.54, 1.807) is 0 Å². The fourth-order valence-electron chi connectivity index (χ4n) is 5.49. The van der Waals surface area contributed by atoms with Crippen LogP contribution in [0.1, 0.15) is 140 Å². The third-order valence-electron chi connectivity index (χ3n) is 8.06. The Hall–Kier alpha value is -1.71. The highest BCUT2D eigenvalue weighted by Gasteiger charge is 2.23. The second-order valence-corrected chi connectivity index (χ2v) is 11.5. The van der Waals surface area contributed by atoms with Crippen molar-refractivity contribution in [2.24, 2.45) is 5.92 Å². The van der Waals surface area contributed by atoms with Crippen LogP contribution in [-0.4, -0.2) is 18.2 Å². The molecule has 0 radical (unpaired) electrons. The number of aromatic nitrogens is 1. The summed E-state index contributed by atoms with van der Waals surface area (Å²) in [5, 5.41) is 0. The summed E-state index contributed by atoms with van der Waals surface area (Å²) >= 11 is 0. The van der Waals surface area contributed by atoms with Crippen molar-refractivity contribution in [3.05, 3.63) is 53.7 Å². The molecule has 3 rings (SSSR count). The third-order valence-corrected chi connectivity index (χ3v) is 8.06. The van der Waals surface area contributed by atoms with Gasteiger partial charge in [0.05, 0.1) is 18.9 Å². The van der Waals surface area contributed by atoms with E-state index in [1.165, 1.54) is 127 Å². The number of nitrogens with zero attached hydrogens (tertiary/aromatic N) is 1. The van der Waals surface area contributed by atoms with Crippen LogP contribution in [0.25, 0.3) is 11.3 Å². The number of ether oxygens (including phenoxy) is 2. The van der Waals surface area contributed by atoms with E-state index in [2.05, 4.69) is 50.2 Å². The minimum Gasteiger partial charge on any atom is -0.348 e. The third kappa shape index (κ3) is 12.0. The van der Waals surface area contributed by atoms with Gasteiger partial charge in [0.25, 0.3) is 0 Å². The molecule has 38 heavy (non-hydrogen) atoms. The molecule has 0 amide bonds. The van der Waals surface area contributed by atoms with E-state index in [1.807, 2.05) is 6.20 Å². The van der Waals surface area contributed by atoms with Crippen molar-refractivity contribution in [3.63, 3.8) is 0 Å². The molecule has 0 unspecified atom stereocenters. The Morgan fingerprint density at radius 3 is 1.74 bits per heavy atom. The molecule has 0 bridgehead atoms. The van der Waals surface area contributed by atoms with E-state index in [0.717, 1.165) is 24.5 Å². The van der Waals surface area contributed by atoms with Crippen molar-refractivity contribution in [2.75, 3.05) is 13.2 Å². The van der Waals surface area contributed by atoms with Crippen LogP contribution in [0.4, 0.5) is 0 Å². The maximum Gasteiger partial charge on any atom is 0.185 e. The minimum atomic E-state index is -0.278. The largest absolute Gasteiger partial charge is 0.348 e. The van der Waals surface area contributed by atoms with Crippen LogP contribution in [0, 0.1) is 5.92 Å². The van der Waals surface area contributed by atoms with Crippen LogP contribution in [0.2, 0.25) is 0 Å². The fraction of sp³-hybridized carbons (Fsp3) is 0.686. The number of hydrogen-bond acceptors (Lipinski definition) is 3. The second kappa shape index (κ2) is 19.4. The van der Waals surface area contributed by atoms with Gasteiger partial charge in [0.15, 0.2) is 6.29 Å². The predicted octanol–water partition coefficient (Wildman–Crippen LogP) is 10.6. The molecule has 0 aliphatic carbocycles. The molecule has 1 saturated heterocycles. The molecule has 3 heteroatoms. The normalized spacial score (nSPS) is 17.6. The summed E-state index contributed by atoms with van der Waals surface area (Å²) in [6.07, 6.45) is 26.0. The highest BCUT2D eigenvalue weighted by Crippen LogP contribution is 2.28. The molecule has 0 saturated carbocycles. The van der Waals surface area contributed by atoms with Gasteiger partial charge in [-0.1, -0.05) is 140 Å². The number of hydrogen-bond donors (Lipinski definition) is 0. The quantitative estimate of drug-likeness (QED) is 0.162. The Bertz CT molecular complexity index is 824. The Kier molecular flexibility index (Phi) is 15.7. The number of benzene rings is 1. The van der Waals surface area contributed by atoms with Gasteiger partial charge in [-0.05, 0) is 30.9 Å². The zero-order chi connectivity index (χ0) is 26.7. The van der Waals surface area contributed by atoms with E-state index in [9.17, 15) is 0 Å². The molecule has 1 aliphatic rings. The van der Waals surface area contributed by atoms with Crippen LogP contribution in [-0.2, 0) is 15.9 Å². The van der Waals surface area contributed by atoms with Gasteiger partial charge in [-0.25, -0.2) is 0 Å². The van der Waals surface area contributed by atoms with Crippen LogP contribution in [0.3, 0.4) is 0 Å². The summed E-state index contributed by atoms with van der Waals surface area (Å²) in [6, 6.07) is 13.2. The lowest BCUT2D eigenvalue weighted by Gasteiger charge is -2.29. The molecule has 0 atom stereocenters. The van der Waals surface area contributed by atoms with E-state index in [4.69, 9.17) is 14.5 Å². The van der Waals surface area contributed by atoms with E-state index < -0.39 is 0 Å². The second-order valence-electron chi connectivity index (χ2n) is 11.5. The van der Waals surface area contributed by atoms with E-state index in [-0.39, 0.29) is 6.29 Å². The number of unbranched alkanes of at least 4 members (excludes halogenated alkanes) is 14. The maximum absolute atomic E-state index is 6.09. The first-order valence-corrected chi connectivity index (χ1v) is 16.1. The molecule has 1 aromatic carbocycles. The van der Waals surface area contributed by atoms with Crippen molar-refractivity contribution >= 4 is 0 Å². The average Bonchev–Trinajstić information content (AvgIpc) is 2.97. The molecule has 0 spiro atoms. The van der Waals surface area contributed by atoms with Gasteiger partial charge in [-0.15, -0.1) is 0 Å². The number of pyridine rings is 1. The van der Waals surface area contributed by atoms with Crippen molar-refractivity contribution < 1.29 is 9.47 Å². The first kappa shape index (κ1) is 30.8. The molecule has 2 heterocycles. The van der Waals surface area contributed by atoms with Crippen molar-refractivity contribution in [2.45, 2.75) is 136 Å². The van der Waals surface area contributed by atoms with Gasteiger partial charge in [0, 0.05) is 23.2 Å². The monoisotopic (exact) mass is 521 g/mol. The topological polar surface area (TPSA) is 31.4 Å². The zero-order valence-corrected chi connectivity index (χ0v) is 24.6. The van der Waals surface area contributed by atoms with Gasteiger partial charge in [0.1, 0.15) is 0 Å². The Labute approximate surface area is 234 Å². The molecular weight excluding hydrogens is 466 g/mol. The fourth-order valence-corrected chi connectivity index (χ4v) is 5.49. The van der Waals surface area contributed by atoms with Crippen LogP contribution in [0.5, 0.6) is 0 Å². The number of rotatable bonds is 20. The van der Waals surface area contributed by atoms with Crippen LogP contribution >= 0.6 is 0 Å². The summed E-state index contributed by atoms with van der Waals surface area (Å²) in [5.74, 6) is 0.530. The molecule has 212 valence electrons. The summed E-state index contributed by atoms with van der Waals surface area (Å²) < 4.78 is 12.2. The highest BCUT2D eigenvalue weighted by atomic mass is 16.7. The minimum absolute atomic E-state index is 0.278. The van der Waals surface area contributed by atoms with Gasteiger partial charge in [0.2, 0.25) is 0 Å². The van der Waals surface area contributed by atoms with Gasteiger partial charge < -0.3 is 9.47 Å². The predicted molar refractivity (Wildman–Crippen MR) is 161 cm³/mol. The summed E-state index contributed by atoms with van der Waals surface area (Å²) in [4.78, 5) is 4.72. The molecule has 3 nitrogen and oxygen atoms in total. The first-order valence-electron chi connectivity index (χ1n) is 16.1. The van der Waals surface area contributed by atoms with E-state index in [0.29, 0.717) is 5.92 Å². The van der Waals surface area contributed by atoms with Crippen LogP contribution < -0.4 is 0 Å².